The van der Waals surface area contributed by atoms with Crippen molar-refractivity contribution < 1.29 is 9.53 Å². The fourth-order valence-corrected chi connectivity index (χ4v) is 2.53. The number of alkyl carbamates (subject to hydrolysis) is 1. The van der Waals surface area contributed by atoms with Crippen molar-refractivity contribution in [2.45, 2.75) is 58.6 Å². The van der Waals surface area contributed by atoms with Gasteiger partial charge < -0.3 is 15.0 Å². The number of carbonyl (C=O) groups is 1. The second kappa shape index (κ2) is 6.94. The minimum absolute atomic E-state index is 0.0867. The number of aryl methyl sites for hydroxylation is 1. The summed E-state index contributed by atoms with van der Waals surface area (Å²) in [6.45, 7) is 9.38. The Hall–Kier alpha value is -1.85. The molecule has 1 unspecified atom stereocenters. The molecule has 6 nitrogen and oxygen atoms in total. The van der Waals surface area contributed by atoms with E-state index in [-0.39, 0.29) is 12.1 Å². The standard InChI is InChI=1S/C16H26N4O2/c1-5-12-9-14(18-11-17-12)20-8-6-7-13(10-20)19-15(21)22-16(2,3)4/h9,11,13H,5-8,10H2,1-4H3,(H,19,21). The first-order chi connectivity index (χ1) is 10.4. The number of nitrogens with one attached hydrogen (secondary N) is 1. The maximum absolute atomic E-state index is 11.9. The van der Waals surface area contributed by atoms with Crippen LogP contribution in [0.5, 0.6) is 0 Å². The first-order valence-corrected chi connectivity index (χ1v) is 7.93. The Bertz CT molecular complexity index is 513. The Morgan fingerprint density at radius 2 is 2.23 bits per heavy atom. The first-order valence-electron chi connectivity index (χ1n) is 7.93. The van der Waals surface area contributed by atoms with Crippen molar-refractivity contribution in [1.82, 2.24) is 15.3 Å². The summed E-state index contributed by atoms with van der Waals surface area (Å²) in [7, 11) is 0. The van der Waals surface area contributed by atoms with E-state index in [9.17, 15) is 4.79 Å². The van der Waals surface area contributed by atoms with Crippen LogP contribution in [0.25, 0.3) is 0 Å². The molecule has 0 saturated carbocycles. The van der Waals surface area contributed by atoms with Crippen molar-refractivity contribution in [1.29, 1.82) is 0 Å². The summed E-state index contributed by atoms with van der Waals surface area (Å²) < 4.78 is 5.32. The number of aromatic nitrogens is 2. The van der Waals surface area contributed by atoms with Crippen LogP contribution in [0.15, 0.2) is 12.4 Å². The quantitative estimate of drug-likeness (QED) is 0.929. The van der Waals surface area contributed by atoms with Crippen LogP contribution in [0.2, 0.25) is 0 Å². The van der Waals surface area contributed by atoms with Gasteiger partial charge in [-0.25, -0.2) is 14.8 Å². The molecule has 0 aliphatic carbocycles. The summed E-state index contributed by atoms with van der Waals surface area (Å²) in [6.07, 6.45) is 4.13. The predicted molar refractivity (Wildman–Crippen MR) is 86.0 cm³/mol. The Morgan fingerprint density at radius 1 is 1.45 bits per heavy atom. The molecule has 0 aromatic carbocycles. The van der Waals surface area contributed by atoms with E-state index in [0.29, 0.717) is 0 Å². The zero-order valence-electron chi connectivity index (χ0n) is 13.9. The lowest BCUT2D eigenvalue weighted by atomic mass is 10.1. The third-order valence-electron chi connectivity index (χ3n) is 3.54. The smallest absolute Gasteiger partial charge is 0.407 e. The molecule has 6 heteroatoms. The highest BCUT2D eigenvalue weighted by Crippen LogP contribution is 2.18. The maximum Gasteiger partial charge on any atom is 0.407 e. The number of ether oxygens (including phenoxy) is 1. The van der Waals surface area contributed by atoms with Crippen LogP contribution in [0.1, 0.15) is 46.2 Å². The van der Waals surface area contributed by atoms with E-state index in [1.54, 1.807) is 6.33 Å². The van der Waals surface area contributed by atoms with Gasteiger partial charge in [-0.05, 0) is 40.0 Å². The van der Waals surface area contributed by atoms with Crippen LogP contribution >= 0.6 is 0 Å². The molecule has 1 saturated heterocycles. The van der Waals surface area contributed by atoms with Crippen LogP contribution in [0, 0.1) is 0 Å². The molecule has 1 aromatic rings. The Morgan fingerprint density at radius 3 is 2.91 bits per heavy atom. The van der Waals surface area contributed by atoms with Crippen molar-refractivity contribution in [2.75, 3.05) is 18.0 Å². The van der Waals surface area contributed by atoms with E-state index in [4.69, 9.17) is 4.74 Å². The molecule has 1 aromatic heterocycles. The number of nitrogens with zero attached hydrogens (tertiary/aromatic N) is 3. The summed E-state index contributed by atoms with van der Waals surface area (Å²) in [5.41, 5.74) is 0.563. The summed E-state index contributed by atoms with van der Waals surface area (Å²) in [5, 5.41) is 2.96. The first kappa shape index (κ1) is 16.5. The number of amides is 1. The molecule has 0 radical (unpaired) electrons. The molecule has 1 N–H and O–H groups in total. The molecular formula is C16H26N4O2. The Labute approximate surface area is 132 Å². The lowest BCUT2D eigenvalue weighted by Crippen LogP contribution is -2.49. The van der Waals surface area contributed by atoms with Crippen LogP contribution in [-0.4, -0.2) is 40.8 Å². The number of hydrogen-bond acceptors (Lipinski definition) is 5. The normalized spacial score (nSPS) is 18.9. The van der Waals surface area contributed by atoms with Crippen LogP contribution in [0.4, 0.5) is 10.6 Å². The zero-order valence-corrected chi connectivity index (χ0v) is 13.9. The lowest BCUT2D eigenvalue weighted by molar-refractivity contribution is 0.0500. The average Bonchev–Trinajstić information content (AvgIpc) is 2.45. The second-order valence-corrected chi connectivity index (χ2v) is 6.65. The third kappa shape index (κ3) is 4.86. The summed E-state index contributed by atoms with van der Waals surface area (Å²) in [6, 6.07) is 2.11. The molecule has 1 fully saturated rings. The van der Waals surface area contributed by atoms with Gasteiger partial charge in [-0.1, -0.05) is 6.92 Å². The molecule has 0 spiro atoms. The number of carbonyl (C=O) groups excluding carboxylic acids is 1. The molecular weight excluding hydrogens is 280 g/mol. The van der Waals surface area contributed by atoms with E-state index in [1.807, 2.05) is 26.8 Å². The fourth-order valence-electron chi connectivity index (χ4n) is 2.53. The van der Waals surface area contributed by atoms with Crippen LogP contribution in [-0.2, 0) is 11.2 Å². The van der Waals surface area contributed by atoms with Crippen molar-refractivity contribution in [3.63, 3.8) is 0 Å². The van der Waals surface area contributed by atoms with Crippen LogP contribution in [0.3, 0.4) is 0 Å². The highest BCUT2D eigenvalue weighted by atomic mass is 16.6. The number of piperidine rings is 1. The lowest BCUT2D eigenvalue weighted by Gasteiger charge is -2.34. The van der Waals surface area contributed by atoms with Crippen LogP contribution < -0.4 is 10.2 Å². The van der Waals surface area contributed by atoms with Gasteiger partial charge in [-0.15, -0.1) is 0 Å². The Kier molecular flexibility index (Phi) is 5.21. The second-order valence-electron chi connectivity index (χ2n) is 6.65. The number of rotatable bonds is 3. The highest BCUT2D eigenvalue weighted by Gasteiger charge is 2.24. The minimum atomic E-state index is -0.471. The van der Waals surface area contributed by atoms with E-state index >= 15 is 0 Å². The molecule has 22 heavy (non-hydrogen) atoms. The number of hydrogen-bond donors (Lipinski definition) is 1. The third-order valence-corrected chi connectivity index (χ3v) is 3.54. The monoisotopic (exact) mass is 306 g/mol. The van der Waals surface area contributed by atoms with E-state index < -0.39 is 5.60 Å². The van der Waals surface area contributed by atoms with E-state index in [2.05, 4.69) is 27.1 Å². The Balaban J connectivity index is 1.95. The van der Waals surface area contributed by atoms with Crippen molar-refractivity contribution >= 4 is 11.9 Å². The molecule has 0 bridgehead atoms. The van der Waals surface area contributed by atoms with Gasteiger partial charge in [0.15, 0.2) is 0 Å². The van der Waals surface area contributed by atoms with Crippen molar-refractivity contribution in [3.8, 4) is 0 Å². The largest absolute Gasteiger partial charge is 0.444 e. The number of anilines is 1. The fraction of sp³-hybridized carbons (Fsp3) is 0.688. The van der Waals surface area contributed by atoms with Gasteiger partial charge in [0.2, 0.25) is 0 Å². The van der Waals surface area contributed by atoms with Gasteiger partial charge in [0.25, 0.3) is 0 Å². The average molecular weight is 306 g/mol. The van der Waals surface area contributed by atoms with Gasteiger partial charge >= 0.3 is 6.09 Å². The molecule has 2 rings (SSSR count). The highest BCUT2D eigenvalue weighted by molar-refractivity contribution is 5.68. The minimum Gasteiger partial charge on any atom is -0.444 e. The molecule has 2 heterocycles. The summed E-state index contributed by atoms with van der Waals surface area (Å²) in [4.78, 5) is 22.7. The topological polar surface area (TPSA) is 67.4 Å². The van der Waals surface area contributed by atoms with Gasteiger partial charge in [0, 0.05) is 30.9 Å². The SMILES string of the molecule is CCc1cc(N2CCCC(NC(=O)OC(C)(C)C)C2)ncn1. The van der Waals surface area contributed by atoms with Crippen molar-refractivity contribution in [2.24, 2.45) is 0 Å². The zero-order chi connectivity index (χ0) is 16.2. The van der Waals surface area contributed by atoms with Gasteiger partial charge in [-0.3, -0.25) is 0 Å². The molecule has 1 amide bonds. The maximum atomic E-state index is 11.9. The van der Waals surface area contributed by atoms with Gasteiger partial charge in [-0.2, -0.15) is 0 Å². The summed E-state index contributed by atoms with van der Waals surface area (Å²) in [5.74, 6) is 0.933. The molecule has 122 valence electrons. The molecule has 1 aliphatic heterocycles. The van der Waals surface area contributed by atoms with E-state index in [0.717, 1.165) is 43.9 Å². The van der Waals surface area contributed by atoms with E-state index in [1.165, 1.54) is 0 Å². The molecule has 1 atom stereocenters. The van der Waals surface area contributed by atoms with Gasteiger partial charge in [0.05, 0.1) is 0 Å². The summed E-state index contributed by atoms with van der Waals surface area (Å²) >= 11 is 0. The van der Waals surface area contributed by atoms with Gasteiger partial charge in [0.1, 0.15) is 17.7 Å². The predicted octanol–water partition coefficient (Wildman–Crippen LogP) is 2.53. The van der Waals surface area contributed by atoms with Crippen molar-refractivity contribution in [3.05, 3.63) is 18.1 Å². The molecule has 1 aliphatic rings.